The Hall–Kier alpha value is -1.55. The lowest BCUT2D eigenvalue weighted by Crippen LogP contribution is -2.37. The first-order valence-electron chi connectivity index (χ1n) is 8.01. The molecule has 4 heteroatoms. The molecule has 114 valence electrons. The van der Waals surface area contributed by atoms with Crippen LogP contribution in [0.15, 0.2) is 18.2 Å². The number of likely N-dealkylation sites (tertiary alicyclic amines) is 2. The first-order valence-corrected chi connectivity index (χ1v) is 8.01. The van der Waals surface area contributed by atoms with Gasteiger partial charge in [-0.05, 0) is 57.0 Å². The molecule has 3 rings (SSSR count). The zero-order valence-electron chi connectivity index (χ0n) is 13.1. The van der Waals surface area contributed by atoms with Gasteiger partial charge in [-0.2, -0.15) is 0 Å². The number of anilines is 1. The molecular weight excluding hydrogens is 262 g/mol. The fraction of sp³-hybridized carbons (Fsp3) is 0.588. The van der Waals surface area contributed by atoms with E-state index in [1.54, 1.807) is 0 Å². The van der Waals surface area contributed by atoms with Gasteiger partial charge in [0.05, 0.1) is 5.56 Å². The predicted molar refractivity (Wildman–Crippen MR) is 85.8 cm³/mol. The molecule has 1 atom stereocenters. The summed E-state index contributed by atoms with van der Waals surface area (Å²) in [6.45, 7) is 6.24. The molecule has 1 N–H and O–H groups in total. The Balaban J connectivity index is 1.71. The Morgan fingerprint density at radius 2 is 2.00 bits per heavy atom. The Morgan fingerprint density at radius 1 is 1.24 bits per heavy atom. The molecule has 1 unspecified atom stereocenters. The van der Waals surface area contributed by atoms with Crippen molar-refractivity contribution in [3.63, 3.8) is 0 Å². The molecule has 2 fully saturated rings. The highest BCUT2D eigenvalue weighted by Gasteiger charge is 2.32. The molecule has 4 nitrogen and oxygen atoms in total. The van der Waals surface area contributed by atoms with Crippen molar-refractivity contribution >= 4 is 11.6 Å². The number of nitrogens with zero attached hydrogens (tertiary/aromatic N) is 2. The normalized spacial score (nSPS) is 22.8. The Morgan fingerprint density at radius 3 is 2.71 bits per heavy atom. The van der Waals surface area contributed by atoms with Gasteiger partial charge >= 0.3 is 0 Å². The van der Waals surface area contributed by atoms with Crippen LogP contribution in [-0.4, -0.2) is 55.0 Å². The number of aryl methyl sites for hydroxylation is 1. The van der Waals surface area contributed by atoms with E-state index in [0.717, 1.165) is 30.8 Å². The largest absolute Gasteiger partial charge is 0.387 e. The highest BCUT2D eigenvalue weighted by Crippen LogP contribution is 2.24. The van der Waals surface area contributed by atoms with Crippen LogP contribution in [0.1, 0.15) is 35.2 Å². The van der Waals surface area contributed by atoms with Crippen LogP contribution >= 0.6 is 0 Å². The molecule has 0 spiro atoms. The van der Waals surface area contributed by atoms with Crippen molar-refractivity contribution in [3.8, 4) is 0 Å². The Kier molecular flexibility index (Phi) is 4.15. The number of hydrogen-bond donors (Lipinski definition) is 1. The monoisotopic (exact) mass is 287 g/mol. The van der Waals surface area contributed by atoms with E-state index in [4.69, 9.17) is 0 Å². The molecule has 0 bridgehead atoms. The van der Waals surface area contributed by atoms with Crippen molar-refractivity contribution in [2.45, 2.75) is 32.2 Å². The van der Waals surface area contributed by atoms with Crippen LogP contribution in [0.3, 0.4) is 0 Å². The molecule has 0 aliphatic carbocycles. The molecule has 0 aromatic heterocycles. The lowest BCUT2D eigenvalue weighted by Gasteiger charge is -2.24. The summed E-state index contributed by atoms with van der Waals surface area (Å²) < 4.78 is 0. The molecule has 2 aliphatic rings. The topological polar surface area (TPSA) is 35.6 Å². The van der Waals surface area contributed by atoms with Gasteiger partial charge < -0.3 is 10.2 Å². The van der Waals surface area contributed by atoms with Crippen molar-refractivity contribution in [1.82, 2.24) is 9.80 Å². The maximum atomic E-state index is 12.8. The van der Waals surface area contributed by atoms with Gasteiger partial charge in [-0.15, -0.1) is 0 Å². The van der Waals surface area contributed by atoms with Gasteiger partial charge in [-0.1, -0.05) is 6.07 Å². The van der Waals surface area contributed by atoms with Crippen LogP contribution in [0.25, 0.3) is 0 Å². The number of amides is 1. The average Bonchev–Trinajstić information content (AvgIpc) is 3.17. The fourth-order valence-electron chi connectivity index (χ4n) is 3.55. The zero-order chi connectivity index (χ0) is 14.8. The molecule has 1 amide bonds. The number of hydrogen-bond acceptors (Lipinski definition) is 3. The lowest BCUT2D eigenvalue weighted by molar-refractivity contribution is 0.0781. The molecule has 1 aromatic rings. The third-order valence-corrected chi connectivity index (χ3v) is 4.78. The SMILES string of the molecule is CNc1cc(C)ccc1C(=O)N1CCC(N2CCCC2)C1. The fourth-order valence-corrected chi connectivity index (χ4v) is 3.55. The molecule has 2 saturated heterocycles. The van der Waals surface area contributed by atoms with E-state index < -0.39 is 0 Å². The van der Waals surface area contributed by atoms with Crippen molar-refractivity contribution < 1.29 is 4.79 Å². The smallest absolute Gasteiger partial charge is 0.256 e. The van der Waals surface area contributed by atoms with Gasteiger partial charge in [-0.25, -0.2) is 0 Å². The molecule has 1 aromatic carbocycles. The van der Waals surface area contributed by atoms with E-state index >= 15 is 0 Å². The minimum atomic E-state index is 0.168. The molecule has 21 heavy (non-hydrogen) atoms. The minimum absolute atomic E-state index is 0.168. The van der Waals surface area contributed by atoms with Gasteiger partial charge in [0.15, 0.2) is 0 Å². The van der Waals surface area contributed by atoms with Crippen LogP contribution < -0.4 is 5.32 Å². The van der Waals surface area contributed by atoms with Crippen molar-refractivity contribution in [1.29, 1.82) is 0 Å². The van der Waals surface area contributed by atoms with E-state index in [1.165, 1.54) is 31.5 Å². The molecule has 0 saturated carbocycles. The van der Waals surface area contributed by atoms with Crippen LogP contribution in [0.4, 0.5) is 5.69 Å². The van der Waals surface area contributed by atoms with Crippen molar-refractivity contribution in [3.05, 3.63) is 29.3 Å². The minimum Gasteiger partial charge on any atom is -0.387 e. The molecule has 2 aliphatic heterocycles. The standard InChI is InChI=1S/C17H25N3O/c1-13-5-6-15(16(11-13)18-2)17(21)20-10-7-14(12-20)19-8-3-4-9-19/h5-6,11,14,18H,3-4,7-10,12H2,1-2H3. The van der Waals surface area contributed by atoms with Gasteiger partial charge in [0.2, 0.25) is 0 Å². The number of nitrogens with one attached hydrogen (secondary N) is 1. The quantitative estimate of drug-likeness (QED) is 0.927. The summed E-state index contributed by atoms with van der Waals surface area (Å²) >= 11 is 0. The highest BCUT2D eigenvalue weighted by molar-refractivity contribution is 5.99. The zero-order valence-corrected chi connectivity index (χ0v) is 13.1. The second-order valence-corrected chi connectivity index (χ2v) is 6.24. The van der Waals surface area contributed by atoms with Gasteiger partial charge in [0.1, 0.15) is 0 Å². The summed E-state index contributed by atoms with van der Waals surface area (Å²) in [6.07, 6.45) is 3.74. The van der Waals surface area contributed by atoms with Gasteiger partial charge in [0, 0.05) is 31.9 Å². The first-order chi connectivity index (χ1) is 10.2. The van der Waals surface area contributed by atoms with E-state index in [9.17, 15) is 4.79 Å². The van der Waals surface area contributed by atoms with Gasteiger partial charge in [0.25, 0.3) is 5.91 Å². The Bertz CT molecular complexity index is 523. The van der Waals surface area contributed by atoms with Crippen molar-refractivity contribution in [2.24, 2.45) is 0 Å². The summed E-state index contributed by atoms with van der Waals surface area (Å²) in [5, 5.41) is 3.15. The second-order valence-electron chi connectivity index (χ2n) is 6.24. The van der Waals surface area contributed by atoms with E-state index in [2.05, 4.69) is 10.2 Å². The second kappa shape index (κ2) is 6.06. The predicted octanol–water partition coefficient (Wildman–Crippen LogP) is 2.35. The van der Waals surface area contributed by atoms with E-state index in [0.29, 0.717) is 6.04 Å². The summed E-state index contributed by atoms with van der Waals surface area (Å²) in [5.74, 6) is 0.168. The van der Waals surface area contributed by atoms with Crippen LogP contribution in [-0.2, 0) is 0 Å². The molecule has 0 radical (unpaired) electrons. The average molecular weight is 287 g/mol. The Labute approximate surface area is 127 Å². The summed E-state index contributed by atoms with van der Waals surface area (Å²) in [4.78, 5) is 17.3. The third kappa shape index (κ3) is 2.91. The van der Waals surface area contributed by atoms with Gasteiger partial charge in [-0.3, -0.25) is 9.69 Å². The highest BCUT2D eigenvalue weighted by atomic mass is 16.2. The maximum absolute atomic E-state index is 12.8. The number of rotatable bonds is 3. The maximum Gasteiger partial charge on any atom is 0.256 e. The van der Waals surface area contributed by atoms with Crippen LogP contribution in [0.5, 0.6) is 0 Å². The number of carbonyl (C=O) groups is 1. The van der Waals surface area contributed by atoms with E-state index in [1.807, 2.05) is 37.1 Å². The lowest BCUT2D eigenvalue weighted by atomic mass is 10.1. The van der Waals surface area contributed by atoms with E-state index in [-0.39, 0.29) is 5.91 Å². The molecule has 2 heterocycles. The third-order valence-electron chi connectivity index (χ3n) is 4.78. The summed E-state index contributed by atoms with van der Waals surface area (Å²) in [5.41, 5.74) is 2.90. The molecular formula is C17H25N3O. The van der Waals surface area contributed by atoms with Crippen LogP contribution in [0.2, 0.25) is 0 Å². The number of benzene rings is 1. The first kappa shape index (κ1) is 14.4. The van der Waals surface area contributed by atoms with Crippen molar-refractivity contribution in [2.75, 3.05) is 38.5 Å². The van der Waals surface area contributed by atoms with Crippen LogP contribution in [0, 0.1) is 6.92 Å². The summed E-state index contributed by atoms with van der Waals surface area (Å²) in [6, 6.07) is 6.58. The summed E-state index contributed by atoms with van der Waals surface area (Å²) in [7, 11) is 1.88. The number of carbonyl (C=O) groups excluding carboxylic acids is 1.